The molecule has 1 aromatic heterocycles. The van der Waals surface area contributed by atoms with Crippen molar-refractivity contribution in [2.45, 2.75) is 59.0 Å². The number of piperidine rings is 1. The smallest absolute Gasteiger partial charge is 0.244 e. The lowest BCUT2D eigenvalue weighted by molar-refractivity contribution is -0.132. The molecule has 1 N–H and O–H groups in total. The first-order chi connectivity index (χ1) is 9.77. The topological polar surface area (TPSA) is 50.2 Å². The van der Waals surface area contributed by atoms with Crippen molar-refractivity contribution >= 4 is 11.6 Å². The lowest BCUT2D eigenvalue weighted by atomic mass is 9.99. The van der Waals surface area contributed by atoms with E-state index in [1.807, 2.05) is 22.7 Å². The van der Waals surface area contributed by atoms with Crippen LogP contribution in [0.4, 0.5) is 5.69 Å². The second-order valence-electron chi connectivity index (χ2n) is 7.22. The molecule has 1 saturated heterocycles. The summed E-state index contributed by atoms with van der Waals surface area (Å²) in [5, 5.41) is 7.62. The van der Waals surface area contributed by atoms with Crippen molar-refractivity contribution in [1.82, 2.24) is 14.7 Å². The van der Waals surface area contributed by atoms with Gasteiger partial charge in [0, 0.05) is 19.3 Å². The van der Waals surface area contributed by atoms with Crippen LogP contribution in [0.3, 0.4) is 0 Å². The van der Waals surface area contributed by atoms with Gasteiger partial charge in [0.15, 0.2) is 0 Å². The molecule has 21 heavy (non-hydrogen) atoms. The van der Waals surface area contributed by atoms with Crippen molar-refractivity contribution in [1.29, 1.82) is 0 Å². The summed E-state index contributed by atoms with van der Waals surface area (Å²) in [5.74, 6) is 0.924. The van der Waals surface area contributed by atoms with Crippen LogP contribution in [0.2, 0.25) is 0 Å². The predicted octanol–water partition coefficient (Wildman–Crippen LogP) is 2.70. The van der Waals surface area contributed by atoms with Crippen LogP contribution in [0.15, 0.2) is 12.4 Å². The van der Waals surface area contributed by atoms with Gasteiger partial charge in [-0.05, 0) is 46.5 Å². The monoisotopic (exact) mass is 292 g/mol. The standard InChI is InChI=1S/C16H28N4O/c1-12-6-8-19(9-7-12)15(21)13(2)18-14-10-17-20(11-14)16(3,4)5/h10-13,18H,6-9H2,1-5H3. The third kappa shape index (κ3) is 3.99. The molecular weight excluding hydrogens is 264 g/mol. The second kappa shape index (κ2) is 6.08. The van der Waals surface area contributed by atoms with E-state index in [1.165, 1.54) is 0 Å². The third-order valence-corrected chi connectivity index (χ3v) is 4.12. The fourth-order valence-electron chi connectivity index (χ4n) is 2.58. The molecule has 1 fully saturated rings. The summed E-state index contributed by atoms with van der Waals surface area (Å²) in [4.78, 5) is 14.4. The van der Waals surface area contributed by atoms with E-state index in [4.69, 9.17) is 0 Å². The van der Waals surface area contributed by atoms with Crippen molar-refractivity contribution < 1.29 is 4.79 Å². The van der Waals surface area contributed by atoms with Crippen LogP contribution < -0.4 is 5.32 Å². The second-order valence-corrected chi connectivity index (χ2v) is 7.22. The fourth-order valence-corrected chi connectivity index (χ4v) is 2.58. The number of aromatic nitrogens is 2. The molecule has 1 atom stereocenters. The third-order valence-electron chi connectivity index (χ3n) is 4.12. The minimum Gasteiger partial charge on any atom is -0.371 e. The van der Waals surface area contributed by atoms with Gasteiger partial charge in [-0.1, -0.05) is 6.92 Å². The maximum atomic E-state index is 12.4. The van der Waals surface area contributed by atoms with Gasteiger partial charge in [-0.2, -0.15) is 5.10 Å². The first-order valence-corrected chi connectivity index (χ1v) is 7.88. The Bertz CT molecular complexity index is 481. The average Bonchev–Trinajstić information content (AvgIpc) is 2.87. The molecule has 0 aromatic carbocycles. The number of carbonyl (C=O) groups is 1. The molecule has 118 valence electrons. The van der Waals surface area contributed by atoms with E-state index in [-0.39, 0.29) is 17.5 Å². The highest BCUT2D eigenvalue weighted by atomic mass is 16.2. The highest BCUT2D eigenvalue weighted by Crippen LogP contribution is 2.19. The van der Waals surface area contributed by atoms with Crippen molar-refractivity contribution in [3.8, 4) is 0 Å². The zero-order chi connectivity index (χ0) is 15.6. The van der Waals surface area contributed by atoms with E-state index in [1.54, 1.807) is 6.20 Å². The lowest BCUT2D eigenvalue weighted by Crippen LogP contribution is -2.45. The molecule has 1 aliphatic rings. The van der Waals surface area contributed by atoms with Crippen molar-refractivity contribution in [3.63, 3.8) is 0 Å². The number of carbonyl (C=O) groups excluding carboxylic acids is 1. The van der Waals surface area contributed by atoms with E-state index in [2.05, 4.69) is 38.1 Å². The van der Waals surface area contributed by atoms with Gasteiger partial charge in [-0.15, -0.1) is 0 Å². The molecule has 5 nitrogen and oxygen atoms in total. The summed E-state index contributed by atoms with van der Waals surface area (Å²) >= 11 is 0. The van der Waals surface area contributed by atoms with Gasteiger partial charge >= 0.3 is 0 Å². The van der Waals surface area contributed by atoms with Gasteiger partial charge in [0.05, 0.1) is 17.4 Å². The Morgan fingerprint density at radius 3 is 2.52 bits per heavy atom. The number of nitrogens with zero attached hydrogens (tertiary/aromatic N) is 3. The van der Waals surface area contributed by atoms with Crippen molar-refractivity contribution in [2.75, 3.05) is 18.4 Å². The molecule has 0 saturated carbocycles. The predicted molar refractivity (Wildman–Crippen MR) is 85.3 cm³/mol. The molecule has 0 spiro atoms. The Balaban J connectivity index is 1.93. The largest absolute Gasteiger partial charge is 0.371 e. The number of amides is 1. The summed E-state index contributed by atoms with van der Waals surface area (Å²) in [6, 6.07) is -0.212. The highest BCUT2D eigenvalue weighted by Gasteiger charge is 2.24. The number of hydrogen-bond donors (Lipinski definition) is 1. The Hall–Kier alpha value is -1.52. The van der Waals surface area contributed by atoms with Gasteiger partial charge < -0.3 is 10.2 Å². The van der Waals surface area contributed by atoms with Gasteiger partial charge in [0.25, 0.3) is 0 Å². The molecular formula is C16H28N4O. The number of rotatable bonds is 3. The summed E-state index contributed by atoms with van der Waals surface area (Å²) < 4.78 is 1.91. The van der Waals surface area contributed by atoms with E-state index in [9.17, 15) is 4.79 Å². The lowest BCUT2D eigenvalue weighted by Gasteiger charge is -2.32. The fraction of sp³-hybridized carbons (Fsp3) is 0.750. The van der Waals surface area contributed by atoms with Crippen LogP contribution in [0, 0.1) is 5.92 Å². The van der Waals surface area contributed by atoms with Crippen LogP contribution in [-0.4, -0.2) is 39.7 Å². The van der Waals surface area contributed by atoms with Gasteiger partial charge in [-0.3, -0.25) is 9.48 Å². The Morgan fingerprint density at radius 2 is 2.00 bits per heavy atom. The van der Waals surface area contributed by atoms with E-state index in [0.29, 0.717) is 0 Å². The van der Waals surface area contributed by atoms with Gasteiger partial charge in [0.1, 0.15) is 6.04 Å². The Labute approximate surface area is 127 Å². The first-order valence-electron chi connectivity index (χ1n) is 7.88. The molecule has 1 amide bonds. The number of nitrogens with one attached hydrogen (secondary N) is 1. The normalized spacial score (nSPS) is 18.6. The van der Waals surface area contributed by atoms with Crippen molar-refractivity contribution in [3.05, 3.63) is 12.4 Å². The molecule has 1 aliphatic heterocycles. The van der Waals surface area contributed by atoms with Crippen LogP contribution in [0.5, 0.6) is 0 Å². The molecule has 0 aliphatic carbocycles. The molecule has 1 aromatic rings. The van der Waals surface area contributed by atoms with Crippen LogP contribution >= 0.6 is 0 Å². The number of likely N-dealkylation sites (tertiary alicyclic amines) is 1. The SMILES string of the molecule is CC1CCN(C(=O)C(C)Nc2cnn(C(C)(C)C)c2)CC1. The van der Waals surface area contributed by atoms with Crippen molar-refractivity contribution in [2.24, 2.45) is 5.92 Å². The maximum absolute atomic E-state index is 12.4. The zero-order valence-electron chi connectivity index (χ0n) is 13.9. The maximum Gasteiger partial charge on any atom is 0.244 e. The molecule has 2 heterocycles. The minimum absolute atomic E-state index is 0.0455. The van der Waals surface area contributed by atoms with Crippen LogP contribution in [-0.2, 0) is 10.3 Å². The Morgan fingerprint density at radius 1 is 1.38 bits per heavy atom. The Kier molecular flexibility index (Phi) is 4.59. The highest BCUT2D eigenvalue weighted by molar-refractivity contribution is 5.84. The number of anilines is 1. The molecule has 2 rings (SSSR count). The minimum atomic E-state index is -0.212. The summed E-state index contributed by atoms with van der Waals surface area (Å²) in [7, 11) is 0. The summed E-state index contributed by atoms with van der Waals surface area (Å²) in [6.45, 7) is 12.3. The molecule has 0 radical (unpaired) electrons. The molecule has 0 bridgehead atoms. The van der Waals surface area contributed by atoms with E-state index in [0.717, 1.165) is 37.5 Å². The summed E-state index contributed by atoms with van der Waals surface area (Å²) in [5.41, 5.74) is 0.854. The zero-order valence-corrected chi connectivity index (χ0v) is 13.9. The average molecular weight is 292 g/mol. The number of hydrogen-bond acceptors (Lipinski definition) is 3. The first kappa shape index (κ1) is 15.9. The van der Waals surface area contributed by atoms with Gasteiger partial charge in [-0.25, -0.2) is 0 Å². The molecule has 5 heteroatoms. The molecule has 1 unspecified atom stereocenters. The summed E-state index contributed by atoms with van der Waals surface area (Å²) in [6.07, 6.45) is 5.97. The van der Waals surface area contributed by atoms with Crippen LogP contribution in [0.1, 0.15) is 47.5 Å². The van der Waals surface area contributed by atoms with Crippen LogP contribution in [0.25, 0.3) is 0 Å². The van der Waals surface area contributed by atoms with Gasteiger partial charge in [0.2, 0.25) is 5.91 Å². The van der Waals surface area contributed by atoms with E-state index >= 15 is 0 Å². The quantitative estimate of drug-likeness (QED) is 0.932. The van der Waals surface area contributed by atoms with E-state index < -0.39 is 0 Å².